The maximum atomic E-state index is 12.4. The molecular formula is C18H13Br2N3O5S2. The van der Waals surface area contributed by atoms with E-state index in [2.05, 4.69) is 46.9 Å². The van der Waals surface area contributed by atoms with Gasteiger partial charge in [-0.05, 0) is 64.5 Å². The molecule has 0 aliphatic carbocycles. The van der Waals surface area contributed by atoms with Gasteiger partial charge in [-0.15, -0.1) is 0 Å². The molecule has 0 atom stereocenters. The highest BCUT2D eigenvalue weighted by atomic mass is 79.9. The van der Waals surface area contributed by atoms with Crippen molar-refractivity contribution in [1.29, 1.82) is 0 Å². The van der Waals surface area contributed by atoms with Gasteiger partial charge in [0.05, 0.1) is 20.4 Å². The van der Waals surface area contributed by atoms with Gasteiger partial charge in [-0.3, -0.25) is 14.8 Å². The summed E-state index contributed by atoms with van der Waals surface area (Å²) in [5, 5.41) is 2.88. The Kier molecular flexibility index (Phi) is 7.23. The van der Waals surface area contributed by atoms with Crippen LogP contribution in [0.3, 0.4) is 0 Å². The number of carbonyl (C=O) groups is 2. The van der Waals surface area contributed by atoms with Gasteiger partial charge in [-0.1, -0.05) is 27.3 Å². The zero-order chi connectivity index (χ0) is 21.7. The van der Waals surface area contributed by atoms with Crippen molar-refractivity contribution in [2.24, 2.45) is 0 Å². The molecule has 3 aromatic rings. The number of esters is 1. The van der Waals surface area contributed by atoms with Gasteiger partial charge in [0, 0.05) is 10.2 Å². The van der Waals surface area contributed by atoms with Gasteiger partial charge < -0.3 is 4.74 Å². The van der Waals surface area contributed by atoms with Crippen LogP contribution < -0.4 is 10.0 Å². The molecule has 0 aliphatic heterocycles. The van der Waals surface area contributed by atoms with E-state index >= 15 is 0 Å². The third kappa shape index (κ3) is 6.11. The highest BCUT2D eigenvalue weighted by molar-refractivity contribution is 9.11. The summed E-state index contributed by atoms with van der Waals surface area (Å²) in [4.78, 5) is 27.9. The minimum absolute atomic E-state index is 0.104. The van der Waals surface area contributed by atoms with Gasteiger partial charge in [-0.25, -0.2) is 18.2 Å². The molecule has 12 heteroatoms. The number of anilines is 2. The minimum atomic E-state index is -3.76. The third-order valence-electron chi connectivity index (χ3n) is 3.55. The van der Waals surface area contributed by atoms with Crippen molar-refractivity contribution in [2.75, 3.05) is 16.6 Å². The lowest BCUT2D eigenvalue weighted by Gasteiger charge is -2.09. The Labute approximate surface area is 193 Å². The Bertz CT molecular complexity index is 1160. The number of aromatic nitrogens is 1. The van der Waals surface area contributed by atoms with E-state index in [1.807, 2.05) is 0 Å². The topological polar surface area (TPSA) is 114 Å². The molecule has 0 saturated heterocycles. The molecule has 0 spiro atoms. The standard InChI is InChI=1S/C18H13Br2N3O5S2/c19-12-3-7-14(8-4-12)30(26,27)23-13-5-1-11(2-6-13)17(25)28-10-16(24)22-18-21-9-15(20)29-18/h1-9,23H,10H2,(H,21,22,24). The number of ether oxygens (including phenoxy) is 1. The summed E-state index contributed by atoms with van der Waals surface area (Å²) in [6, 6.07) is 11.8. The van der Waals surface area contributed by atoms with Crippen LogP contribution in [0.15, 0.2) is 67.9 Å². The zero-order valence-corrected chi connectivity index (χ0v) is 19.8. The number of benzene rings is 2. The Morgan fingerprint density at radius 2 is 1.70 bits per heavy atom. The fraction of sp³-hybridized carbons (Fsp3) is 0.0556. The van der Waals surface area contributed by atoms with Crippen LogP contribution in [0.1, 0.15) is 10.4 Å². The van der Waals surface area contributed by atoms with Crippen molar-refractivity contribution in [3.63, 3.8) is 0 Å². The van der Waals surface area contributed by atoms with E-state index in [0.29, 0.717) is 5.13 Å². The lowest BCUT2D eigenvalue weighted by molar-refractivity contribution is -0.119. The first-order chi connectivity index (χ1) is 14.2. The molecule has 0 saturated carbocycles. The summed E-state index contributed by atoms with van der Waals surface area (Å²) in [5.74, 6) is -1.24. The number of hydrogen-bond acceptors (Lipinski definition) is 7. The number of carbonyl (C=O) groups excluding carboxylic acids is 2. The largest absolute Gasteiger partial charge is 0.452 e. The fourth-order valence-electron chi connectivity index (χ4n) is 2.18. The van der Waals surface area contributed by atoms with Crippen LogP contribution in [-0.2, 0) is 19.6 Å². The van der Waals surface area contributed by atoms with Crippen molar-refractivity contribution < 1.29 is 22.7 Å². The maximum Gasteiger partial charge on any atom is 0.338 e. The molecule has 1 amide bonds. The summed E-state index contributed by atoms with van der Waals surface area (Å²) >= 11 is 7.71. The number of sulfonamides is 1. The molecule has 0 bridgehead atoms. The van der Waals surface area contributed by atoms with Gasteiger partial charge in [-0.2, -0.15) is 0 Å². The third-order valence-corrected chi connectivity index (χ3v) is 6.87. The maximum absolute atomic E-state index is 12.4. The van der Waals surface area contributed by atoms with E-state index in [-0.39, 0.29) is 16.1 Å². The van der Waals surface area contributed by atoms with Crippen LogP contribution in [0, 0.1) is 0 Å². The fourth-order valence-corrected chi connectivity index (χ4v) is 4.63. The number of nitrogens with zero attached hydrogens (tertiary/aromatic N) is 1. The molecule has 0 radical (unpaired) electrons. The predicted molar refractivity (Wildman–Crippen MR) is 120 cm³/mol. The van der Waals surface area contributed by atoms with E-state index in [1.165, 1.54) is 47.7 Å². The molecule has 3 rings (SSSR count). The lowest BCUT2D eigenvalue weighted by atomic mass is 10.2. The second kappa shape index (κ2) is 9.69. The van der Waals surface area contributed by atoms with Crippen LogP contribution in [0.4, 0.5) is 10.8 Å². The van der Waals surface area contributed by atoms with Gasteiger partial charge in [0.1, 0.15) is 0 Å². The molecular weight excluding hydrogens is 562 g/mol. The van der Waals surface area contributed by atoms with E-state index in [0.717, 1.165) is 8.26 Å². The molecule has 1 aromatic heterocycles. The van der Waals surface area contributed by atoms with Crippen LogP contribution in [-0.4, -0.2) is 31.9 Å². The molecule has 1 heterocycles. The SMILES string of the molecule is O=C(COC(=O)c1ccc(NS(=O)(=O)c2ccc(Br)cc2)cc1)Nc1ncc(Br)s1. The van der Waals surface area contributed by atoms with Crippen LogP contribution in [0.2, 0.25) is 0 Å². The van der Waals surface area contributed by atoms with E-state index in [1.54, 1.807) is 18.3 Å². The molecule has 30 heavy (non-hydrogen) atoms. The Balaban J connectivity index is 1.56. The van der Waals surface area contributed by atoms with Crippen molar-refractivity contribution in [1.82, 2.24) is 4.98 Å². The smallest absolute Gasteiger partial charge is 0.338 e. The molecule has 0 fully saturated rings. The number of hydrogen-bond donors (Lipinski definition) is 2. The van der Waals surface area contributed by atoms with Crippen molar-refractivity contribution in [2.45, 2.75) is 4.90 Å². The molecule has 0 aliphatic rings. The normalized spacial score (nSPS) is 11.0. The zero-order valence-electron chi connectivity index (χ0n) is 15.0. The summed E-state index contributed by atoms with van der Waals surface area (Å²) < 4.78 is 33.7. The Hall–Kier alpha value is -2.28. The molecule has 2 N–H and O–H groups in total. The number of rotatable bonds is 7. The Morgan fingerprint density at radius 3 is 2.30 bits per heavy atom. The summed E-state index contributed by atoms with van der Waals surface area (Å²) in [6.07, 6.45) is 1.54. The predicted octanol–water partition coefficient (Wildman–Crippen LogP) is 4.26. The number of amides is 1. The minimum Gasteiger partial charge on any atom is -0.452 e. The molecule has 0 unspecified atom stereocenters. The van der Waals surface area contributed by atoms with Gasteiger partial charge >= 0.3 is 5.97 Å². The molecule has 156 valence electrons. The number of nitrogens with one attached hydrogen (secondary N) is 2. The first kappa shape index (κ1) is 22.4. The second-order valence-corrected chi connectivity index (χ2v) is 10.7. The van der Waals surface area contributed by atoms with Gasteiger partial charge in [0.2, 0.25) is 0 Å². The first-order valence-corrected chi connectivity index (χ1v) is 12.1. The van der Waals surface area contributed by atoms with Crippen LogP contribution in [0.5, 0.6) is 0 Å². The monoisotopic (exact) mass is 573 g/mol. The average molecular weight is 575 g/mol. The molecule has 8 nitrogen and oxygen atoms in total. The van der Waals surface area contributed by atoms with Crippen LogP contribution in [0.25, 0.3) is 0 Å². The summed E-state index contributed by atoms with van der Waals surface area (Å²) in [5.41, 5.74) is 0.452. The highest BCUT2D eigenvalue weighted by Gasteiger charge is 2.15. The summed E-state index contributed by atoms with van der Waals surface area (Å²) in [7, 11) is -3.76. The van der Waals surface area contributed by atoms with Gasteiger partial charge in [0.25, 0.3) is 15.9 Å². The molecule has 2 aromatic carbocycles. The van der Waals surface area contributed by atoms with E-state index in [4.69, 9.17) is 4.74 Å². The average Bonchev–Trinajstić information content (AvgIpc) is 3.11. The first-order valence-electron chi connectivity index (χ1n) is 8.20. The van der Waals surface area contributed by atoms with Crippen LogP contribution >= 0.6 is 43.2 Å². The summed E-state index contributed by atoms with van der Waals surface area (Å²) in [6.45, 7) is -0.478. The van der Waals surface area contributed by atoms with Crippen molar-refractivity contribution >= 4 is 75.9 Å². The lowest BCUT2D eigenvalue weighted by Crippen LogP contribution is -2.20. The number of halogens is 2. The van der Waals surface area contributed by atoms with Crippen molar-refractivity contribution in [3.05, 3.63) is 68.6 Å². The number of thiazole rings is 1. The van der Waals surface area contributed by atoms with E-state index < -0.39 is 28.5 Å². The van der Waals surface area contributed by atoms with Crippen molar-refractivity contribution in [3.8, 4) is 0 Å². The quantitative estimate of drug-likeness (QED) is 0.407. The Morgan fingerprint density at radius 1 is 1.03 bits per heavy atom. The highest BCUT2D eigenvalue weighted by Crippen LogP contribution is 2.23. The second-order valence-electron chi connectivity index (χ2n) is 5.73. The van der Waals surface area contributed by atoms with E-state index in [9.17, 15) is 18.0 Å². The van der Waals surface area contributed by atoms with Gasteiger partial charge in [0.15, 0.2) is 11.7 Å².